The number of carbonyl (C=O) groups excluding carboxylic acids is 1. The summed E-state index contributed by atoms with van der Waals surface area (Å²) in [7, 11) is 0. The number of imidazole rings is 1. The van der Waals surface area contributed by atoms with Gasteiger partial charge in [-0.15, -0.1) is 0 Å². The van der Waals surface area contributed by atoms with Crippen molar-refractivity contribution in [2.75, 3.05) is 5.32 Å². The van der Waals surface area contributed by atoms with E-state index in [-0.39, 0.29) is 18.2 Å². The van der Waals surface area contributed by atoms with Crippen molar-refractivity contribution in [3.8, 4) is 0 Å². The van der Waals surface area contributed by atoms with Crippen LogP contribution in [0.25, 0.3) is 11.2 Å². The quantitative estimate of drug-likeness (QED) is 0.479. The summed E-state index contributed by atoms with van der Waals surface area (Å²) in [6.07, 6.45) is 2.11. The minimum atomic E-state index is -0.468. The van der Waals surface area contributed by atoms with Crippen molar-refractivity contribution in [1.82, 2.24) is 19.1 Å². The number of anilines is 1. The number of unbranched alkanes of at least 4 members (excludes halogenated alkanes) is 1. The Hall–Kier alpha value is -2.58. The molecule has 0 aliphatic rings. The molecule has 8 nitrogen and oxygen atoms in total. The average molecular weight is 480 g/mol. The maximum absolute atomic E-state index is 12.7. The van der Waals surface area contributed by atoms with Gasteiger partial charge in [0.1, 0.15) is 5.82 Å². The van der Waals surface area contributed by atoms with E-state index in [1.54, 1.807) is 18.2 Å². The Morgan fingerprint density at radius 2 is 1.97 bits per heavy atom. The van der Waals surface area contributed by atoms with E-state index in [1.807, 2.05) is 25.3 Å². The number of H-pyrrole nitrogens is 1. The lowest BCUT2D eigenvalue weighted by molar-refractivity contribution is -0.116. The Balaban J connectivity index is 1.93. The number of halogens is 2. The first-order valence-electron chi connectivity index (χ1n) is 10.7. The van der Waals surface area contributed by atoms with E-state index in [9.17, 15) is 14.4 Å². The monoisotopic (exact) mass is 479 g/mol. The predicted octanol–water partition coefficient (Wildman–Crippen LogP) is 4.22. The smallest absolute Gasteiger partial charge is 0.325 e. The largest absolute Gasteiger partial charge is 0.330 e. The first-order valence-corrected chi connectivity index (χ1v) is 11.4. The van der Waals surface area contributed by atoms with Crippen molar-refractivity contribution in [3.63, 3.8) is 0 Å². The lowest BCUT2D eigenvalue weighted by atomic mass is 10.2. The molecule has 0 atom stereocenters. The molecule has 0 unspecified atom stereocenters. The van der Waals surface area contributed by atoms with E-state index in [0.29, 0.717) is 52.2 Å². The van der Waals surface area contributed by atoms with Crippen LogP contribution in [0.3, 0.4) is 0 Å². The first kappa shape index (κ1) is 24.1. The van der Waals surface area contributed by atoms with Crippen molar-refractivity contribution in [3.05, 3.63) is 54.9 Å². The SMILES string of the molecule is CCCCn1c(=O)[nH]c(=O)c2c1nc(CCC(=O)Nc1cc(Cl)ccc1Cl)n2CC(C)C. The Labute approximate surface area is 195 Å². The molecule has 3 rings (SSSR count). The number of amides is 1. The van der Waals surface area contributed by atoms with Gasteiger partial charge in [0.15, 0.2) is 11.2 Å². The highest BCUT2D eigenvalue weighted by Gasteiger charge is 2.20. The summed E-state index contributed by atoms with van der Waals surface area (Å²) >= 11 is 12.1. The molecule has 0 fully saturated rings. The zero-order chi connectivity index (χ0) is 23.4. The van der Waals surface area contributed by atoms with Gasteiger partial charge in [-0.1, -0.05) is 50.4 Å². The van der Waals surface area contributed by atoms with Crippen LogP contribution in [-0.2, 0) is 24.3 Å². The summed E-state index contributed by atoms with van der Waals surface area (Å²) in [5, 5.41) is 3.62. The highest BCUT2D eigenvalue weighted by Crippen LogP contribution is 2.25. The van der Waals surface area contributed by atoms with Crippen molar-refractivity contribution >= 4 is 46.0 Å². The molecule has 172 valence electrons. The van der Waals surface area contributed by atoms with Crippen LogP contribution in [0.4, 0.5) is 5.69 Å². The molecule has 0 bridgehead atoms. The van der Waals surface area contributed by atoms with Crippen LogP contribution in [0.15, 0.2) is 27.8 Å². The Bertz CT molecular complexity index is 1240. The third-order valence-electron chi connectivity index (χ3n) is 5.03. The number of aromatic amines is 1. The van der Waals surface area contributed by atoms with Gasteiger partial charge in [-0.25, -0.2) is 9.78 Å². The summed E-state index contributed by atoms with van der Waals surface area (Å²) in [5.41, 5.74) is 0.228. The van der Waals surface area contributed by atoms with Gasteiger partial charge >= 0.3 is 5.69 Å². The molecule has 0 aliphatic carbocycles. The van der Waals surface area contributed by atoms with E-state index >= 15 is 0 Å². The molecule has 0 spiro atoms. The van der Waals surface area contributed by atoms with E-state index in [0.717, 1.165) is 12.8 Å². The fourth-order valence-electron chi connectivity index (χ4n) is 3.53. The topological polar surface area (TPSA) is 102 Å². The Morgan fingerprint density at radius 1 is 1.22 bits per heavy atom. The first-order chi connectivity index (χ1) is 15.2. The molecule has 10 heteroatoms. The number of aryl methyl sites for hydroxylation is 2. The summed E-state index contributed by atoms with van der Waals surface area (Å²) < 4.78 is 3.33. The molecule has 0 saturated heterocycles. The normalized spacial score (nSPS) is 11.4. The van der Waals surface area contributed by atoms with Gasteiger partial charge in [-0.05, 0) is 30.5 Å². The lowest BCUT2D eigenvalue weighted by Gasteiger charge is -2.12. The molecule has 0 saturated carbocycles. The fraction of sp³-hybridized carbons (Fsp3) is 0.455. The third kappa shape index (κ3) is 5.42. The van der Waals surface area contributed by atoms with Crippen LogP contribution in [0, 0.1) is 5.92 Å². The van der Waals surface area contributed by atoms with Crippen molar-refractivity contribution in [2.24, 2.45) is 5.92 Å². The number of nitrogens with zero attached hydrogens (tertiary/aromatic N) is 3. The van der Waals surface area contributed by atoms with Gasteiger partial charge in [-0.2, -0.15) is 0 Å². The number of hydrogen-bond donors (Lipinski definition) is 2. The standard InChI is InChI=1S/C22H27Cl2N5O3/c1-4-5-10-28-20-19(21(31)27-22(28)32)29(12-13(2)3)17(26-20)8-9-18(30)25-16-11-14(23)6-7-15(16)24/h6-7,11,13H,4-5,8-10,12H2,1-3H3,(H,25,30)(H,27,31,32). The van der Waals surface area contributed by atoms with Gasteiger partial charge in [0.05, 0.1) is 10.7 Å². The summed E-state index contributed by atoms with van der Waals surface area (Å²) in [6.45, 7) is 7.11. The van der Waals surface area contributed by atoms with Crippen LogP contribution in [0.2, 0.25) is 10.0 Å². The fourth-order valence-corrected chi connectivity index (χ4v) is 3.86. The average Bonchev–Trinajstić information content (AvgIpc) is 3.07. The summed E-state index contributed by atoms with van der Waals surface area (Å²) in [5.74, 6) is 0.567. The van der Waals surface area contributed by atoms with Gasteiger partial charge < -0.3 is 9.88 Å². The Morgan fingerprint density at radius 3 is 2.66 bits per heavy atom. The minimum absolute atomic E-state index is 0.126. The van der Waals surface area contributed by atoms with Crippen molar-refractivity contribution < 1.29 is 4.79 Å². The highest BCUT2D eigenvalue weighted by molar-refractivity contribution is 6.35. The molecule has 1 aromatic carbocycles. The maximum atomic E-state index is 12.7. The number of fused-ring (bicyclic) bond motifs is 1. The van der Waals surface area contributed by atoms with Crippen LogP contribution in [0.5, 0.6) is 0 Å². The summed E-state index contributed by atoms with van der Waals surface area (Å²) in [4.78, 5) is 44.7. The molecule has 3 aromatic rings. The van der Waals surface area contributed by atoms with Gasteiger partial charge in [-0.3, -0.25) is 19.1 Å². The second-order valence-electron chi connectivity index (χ2n) is 8.14. The van der Waals surface area contributed by atoms with Gasteiger partial charge in [0, 0.05) is 31.0 Å². The Kier molecular flexibility index (Phi) is 7.79. The zero-order valence-corrected chi connectivity index (χ0v) is 19.9. The second kappa shape index (κ2) is 10.4. The van der Waals surface area contributed by atoms with E-state index in [4.69, 9.17) is 23.2 Å². The van der Waals surface area contributed by atoms with Crippen LogP contribution in [0.1, 0.15) is 45.9 Å². The van der Waals surface area contributed by atoms with Crippen LogP contribution < -0.4 is 16.6 Å². The molecule has 0 aliphatic heterocycles. The predicted molar refractivity (Wildman–Crippen MR) is 128 cm³/mol. The molecule has 1 amide bonds. The number of carbonyl (C=O) groups is 1. The van der Waals surface area contributed by atoms with Crippen molar-refractivity contribution in [2.45, 2.75) is 59.5 Å². The van der Waals surface area contributed by atoms with Gasteiger partial charge in [0.25, 0.3) is 5.56 Å². The number of nitrogens with one attached hydrogen (secondary N) is 2. The number of benzene rings is 1. The number of aromatic nitrogens is 4. The molecule has 32 heavy (non-hydrogen) atoms. The highest BCUT2D eigenvalue weighted by atomic mass is 35.5. The van der Waals surface area contributed by atoms with Crippen LogP contribution in [-0.4, -0.2) is 25.0 Å². The van der Waals surface area contributed by atoms with E-state index in [2.05, 4.69) is 15.3 Å². The summed E-state index contributed by atoms with van der Waals surface area (Å²) in [6, 6.07) is 4.84. The minimum Gasteiger partial charge on any atom is -0.325 e. The lowest BCUT2D eigenvalue weighted by Crippen LogP contribution is -2.31. The van der Waals surface area contributed by atoms with E-state index in [1.165, 1.54) is 4.57 Å². The number of rotatable bonds is 9. The van der Waals surface area contributed by atoms with Gasteiger partial charge in [0.2, 0.25) is 5.91 Å². The zero-order valence-electron chi connectivity index (χ0n) is 18.4. The molecule has 2 N–H and O–H groups in total. The number of hydrogen-bond acceptors (Lipinski definition) is 4. The molecular formula is C22H27Cl2N5O3. The molecule has 0 radical (unpaired) electrons. The molecule has 2 aromatic heterocycles. The van der Waals surface area contributed by atoms with Crippen molar-refractivity contribution in [1.29, 1.82) is 0 Å². The second-order valence-corrected chi connectivity index (χ2v) is 8.99. The van der Waals surface area contributed by atoms with E-state index < -0.39 is 11.2 Å². The maximum Gasteiger partial charge on any atom is 0.330 e. The molecule has 2 heterocycles. The van der Waals surface area contributed by atoms with Crippen LogP contribution >= 0.6 is 23.2 Å². The third-order valence-corrected chi connectivity index (χ3v) is 5.59. The molecular weight excluding hydrogens is 453 g/mol.